The number of benzene rings is 2. The molecule has 1 aromatic heterocycles. The van der Waals surface area contributed by atoms with Crippen molar-refractivity contribution in [3.8, 4) is 11.3 Å². The first-order chi connectivity index (χ1) is 14.3. The smallest absolute Gasteiger partial charge is 0.325 e. The van der Waals surface area contributed by atoms with E-state index in [9.17, 15) is 22.8 Å². The summed E-state index contributed by atoms with van der Waals surface area (Å²) in [6, 6.07) is 9.96. The zero-order valence-electron chi connectivity index (χ0n) is 15.7. The number of carbonyl (C=O) groups excluding carboxylic acids is 2. The highest BCUT2D eigenvalue weighted by molar-refractivity contribution is 5.98. The van der Waals surface area contributed by atoms with Crippen molar-refractivity contribution in [2.24, 2.45) is 5.73 Å². The molecule has 0 saturated heterocycles. The van der Waals surface area contributed by atoms with Crippen LogP contribution in [0, 0.1) is 17.5 Å². The summed E-state index contributed by atoms with van der Waals surface area (Å²) in [7, 11) is 0. The van der Waals surface area contributed by atoms with Crippen LogP contribution in [0.3, 0.4) is 0 Å². The van der Waals surface area contributed by atoms with Crippen LogP contribution in [0.1, 0.15) is 12.5 Å². The number of pyridine rings is 1. The molecule has 0 bridgehead atoms. The van der Waals surface area contributed by atoms with Gasteiger partial charge in [0.15, 0.2) is 0 Å². The molecule has 0 aliphatic rings. The molecule has 2 amide bonds. The third kappa shape index (κ3) is 4.40. The lowest BCUT2D eigenvalue weighted by Crippen LogP contribution is -2.33. The van der Waals surface area contributed by atoms with Crippen LogP contribution in [0.15, 0.2) is 54.6 Å². The normalized spacial score (nSPS) is 10.5. The van der Waals surface area contributed by atoms with Gasteiger partial charge in [0, 0.05) is 18.1 Å². The number of hydrogen-bond acceptors (Lipinski definition) is 4. The highest BCUT2D eigenvalue weighted by Gasteiger charge is 2.25. The van der Waals surface area contributed by atoms with Crippen molar-refractivity contribution in [2.45, 2.75) is 13.5 Å². The molecule has 0 spiro atoms. The number of ether oxygens (including phenoxy) is 1. The minimum absolute atomic E-state index is 0.153. The van der Waals surface area contributed by atoms with Gasteiger partial charge < -0.3 is 10.5 Å². The van der Waals surface area contributed by atoms with E-state index in [-0.39, 0.29) is 18.1 Å². The number of nitrogens with zero attached hydrogens (tertiary/aromatic N) is 2. The van der Waals surface area contributed by atoms with Gasteiger partial charge in [-0.25, -0.2) is 27.8 Å². The molecule has 0 aliphatic heterocycles. The Morgan fingerprint density at radius 3 is 2.20 bits per heavy atom. The number of esters is 1. The maximum Gasteiger partial charge on any atom is 0.325 e. The van der Waals surface area contributed by atoms with Gasteiger partial charge >= 0.3 is 12.0 Å². The molecule has 2 N–H and O–H groups in total. The van der Waals surface area contributed by atoms with Crippen molar-refractivity contribution in [1.29, 1.82) is 0 Å². The van der Waals surface area contributed by atoms with E-state index in [1.165, 1.54) is 43.3 Å². The van der Waals surface area contributed by atoms with Gasteiger partial charge in [0.2, 0.25) is 0 Å². The highest BCUT2D eigenvalue weighted by Crippen LogP contribution is 2.32. The number of urea groups is 1. The second-order valence-corrected chi connectivity index (χ2v) is 6.21. The van der Waals surface area contributed by atoms with Gasteiger partial charge in [-0.1, -0.05) is 6.07 Å². The molecule has 0 saturated carbocycles. The van der Waals surface area contributed by atoms with Crippen LogP contribution >= 0.6 is 0 Å². The van der Waals surface area contributed by atoms with Crippen LogP contribution in [-0.2, 0) is 16.1 Å². The van der Waals surface area contributed by atoms with E-state index in [0.717, 1.165) is 18.2 Å². The number of aromatic nitrogens is 1. The summed E-state index contributed by atoms with van der Waals surface area (Å²) in [5.74, 6) is -3.21. The van der Waals surface area contributed by atoms with E-state index in [1.807, 2.05) is 0 Å². The fourth-order valence-electron chi connectivity index (χ4n) is 2.80. The summed E-state index contributed by atoms with van der Waals surface area (Å²) in [4.78, 5) is 28.1. The topological polar surface area (TPSA) is 85.5 Å². The molecular formula is C21H16F3N3O3. The Balaban J connectivity index is 2.16. The third-order valence-electron chi connectivity index (χ3n) is 4.12. The average Bonchev–Trinajstić information content (AvgIpc) is 2.69. The molecule has 3 aromatic rings. The maximum absolute atomic E-state index is 14.3. The molecular weight excluding hydrogens is 399 g/mol. The van der Waals surface area contributed by atoms with Crippen LogP contribution in [0.4, 0.5) is 29.5 Å². The van der Waals surface area contributed by atoms with Crippen molar-refractivity contribution in [3.63, 3.8) is 0 Å². The number of hydrogen-bond donors (Lipinski definition) is 1. The Labute approximate surface area is 169 Å². The Morgan fingerprint density at radius 2 is 1.63 bits per heavy atom. The number of para-hydroxylation sites is 1. The quantitative estimate of drug-likeness (QED) is 0.624. The minimum Gasteiger partial charge on any atom is -0.461 e. The fourth-order valence-corrected chi connectivity index (χ4v) is 2.80. The third-order valence-corrected chi connectivity index (χ3v) is 4.12. The molecule has 0 fully saturated rings. The Hall–Kier alpha value is -3.88. The minimum atomic E-state index is -1.16. The number of rotatable bonds is 5. The van der Waals surface area contributed by atoms with Crippen LogP contribution < -0.4 is 10.6 Å². The lowest BCUT2D eigenvalue weighted by molar-refractivity contribution is -0.142. The largest absolute Gasteiger partial charge is 0.461 e. The van der Waals surface area contributed by atoms with Crippen molar-refractivity contribution in [3.05, 3.63) is 77.6 Å². The zero-order valence-corrected chi connectivity index (χ0v) is 15.7. The summed E-state index contributed by atoms with van der Waals surface area (Å²) in [5.41, 5.74) is 5.77. The van der Waals surface area contributed by atoms with Gasteiger partial charge in [-0.3, -0.25) is 4.79 Å². The van der Waals surface area contributed by atoms with Crippen LogP contribution in [0.2, 0.25) is 0 Å². The fraction of sp³-hybridized carbons (Fsp3) is 0.0952. The lowest BCUT2D eigenvalue weighted by Gasteiger charge is -2.22. The number of amides is 2. The Kier molecular flexibility index (Phi) is 6.01. The Bertz CT molecular complexity index is 1080. The van der Waals surface area contributed by atoms with E-state index in [1.54, 1.807) is 0 Å². The van der Waals surface area contributed by atoms with Gasteiger partial charge in [0.25, 0.3) is 0 Å². The van der Waals surface area contributed by atoms with Crippen LogP contribution in [0.5, 0.6) is 0 Å². The molecule has 0 aliphatic carbocycles. The van der Waals surface area contributed by atoms with Crippen molar-refractivity contribution < 1.29 is 27.5 Å². The molecule has 3 rings (SSSR count). The maximum atomic E-state index is 14.3. The van der Waals surface area contributed by atoms with Crippen molar-refractivity contribution in [1.82, 2.24) is 4.98 Å². The molecule has 0 atom stereocenters. The molecule has 0 unspecified atom stereocenters. The second-order valence-electron chi connectivity index (χ2n) is 6.21. The van der Waals surface area contributed by atoms with Crippen LogP contribution in [0.25, 0.3) is 11.3 Å². The first-order valence-electron chi connectivity index (χ1n) is 8.70. The van der Waals surface area contributed by atoms with E-state index < -0.39 is 35.1 Å². The standard InChI is InChI=1S/C21H16F3N3O3/c1-12(28)30-11-14-7-10-18(26-19(14)13-5-8-15(22)9-6-13)27(21(25)29)20-16(23)3-2-4-17(20)24/h2-10H,11H2,1H3,(H2,25,29). The summed E-state index contributed by atoms with van der Waals surface area (Å²) in [6.45, 7) is 1.08. The van der Waals surface area contributed by atoms with Crippen molar-refractivity contribution >= 4 is 23.5 Å². The number of primary amides is 1. The SMILES string of the molecule is CC(=O)OCc1ccc(N(C(N)=O)c2c(F)cccc2F)nc1-c1ccc(F)cc1. The zero-order chi connectivity index (χ0) is 21.8. The van der Waals surface area contributed by atoms with Gasteiger partial charge in [0.05, 0.1) is 5.69 Å². The van der Waals surface area contributed by atoms with Crippen molar-refractivity contribution in [2.75, 3.05) is 4.90 Å². The monoisotopic (exact) mass is 415 g/mol. The van der Waals surface area contributed by atoms with Gasteiger partial charge in [-0.15, -0.1) is 0 Å². The molecule has 2 aromatic carbocycles. The highest BCUT2D eigenvalue weighted by atomic mass is 19.1. The first-order valence-corrected chi connectivity index (χ1v) is 8.70. The van der Waals surface area contributed by atoms with Gasteiger partial charge in [0.1, 0.15) is 35.6 Å². The summed E-state index contributed by atoms with van der Waals surface area (Å²) < 4.78 is 46.9. The first kappa shape index (κ1) is 20.8. The average molecular weight is 415 g/mol. The van der Waals surface area contributed by atoms with E-state index in [2.05, 4.69) is 4.98 Å². The molecule has 154 valence electrons. The predicted molar refractivity (Wildman–Crippen MR) is 103 cm³/mol. The second kappa shape index (κ2) is 8.64. The van der Waals surface area contributed by atoms with E-state index in [0.29, 0.717) is 16.0 Å². The number of anilines is 2. The summed E-state index contributed by atoms with van der Waals surface area (Å²) in [5, 5.41) is 0. The van der Waals surface area contributed by atoms with Gasteiger partial charge in [-0.2, -0.15) is 0 Å². The van der Waals surface area contributed by atoms with Gasteiger partial charge in [-0.05, 0) is 48.5 Å². The Morgan fingerprint density at radius 1 is 1.00 bits per heavy atom. The molecule has 30 heavy (non-hydrogen) atoms. The van der Waals surface area contributed by atoms with E-state index >= 15 is 0 Å². The number of nitrogens with two attached hydrogens (primary N) is 1. The molecule has 0 radical (unpaired) electrons. The molecule has 1 heterocycles. The van der Waals surface area contributed by atoms with Crippen LogP contribution in [-0.4, -0.2) is 17.0 Å². The summed E-state index contributed by atoms with van der Waals surface area (Å²) in [6.07, 6.45) is 0. The summed E-state index contributed by atoms with van der Waals surface area (Å²) >= 11 is 0. The molecule has 9 heteroatoms. The molecule has 6 nitrogen and oxygen atoms in total. The van der Waals surface area contributed by atoms with E-state index in [4.69, 9.17) is 10.5 Å². The predicted octanol–water partition coefficient (Wildman–Crippen LogP) is 4.45. The number of halogens is 3. The number of carbonyl (C=O) groups is 2. The lowest BCUT2D eigenvalue weighted by atomic mass is 10.1.